The molecule has 2 heterocycles. The average Bonchev–Trinajstić information content (AvgIpc) is 2.33. The van der Waals surface area contributed by atoms with Crippen LogP contribution in [-0.2, 0) is 4.79 Å². The molecule has 0 aliphatic carbocycles. The largest absolute Gasteiger partial charge is 0.481 e. The summed E-state index contributed by atoms with van der Waals surface area (Å²) in [5.74, 6) is 1.19. The fourth-order valence-corrected chi connectivity index (χ4v) is 1.53. The highest BCUT2D eigenvalue weighted by Crippen LogP contribution is 2.26. The van der Waals surface area contributed by atoms with Gasteiger partial charge in [-0.2, -0.15) is 4.98 Å². The van der Waals surface area contributed by atoms with Crippen molar-refractivity contribution in [2.24, 2.45) is 0 Å². The highest BCUT2D eigenvalue weighted by Gasteiger charge is 2.18. The summed E-state index contributed by atoms with van der Waals surface area (Å²) in [5, 5.41) is 5.94. The van der Waals surface area contributed by atoms with Crippen molar-refractivity contribution in [2.45, 2.75) is 19.4 Å². The molecule has 15 heavy (non-hydrogen) atoms. The minimum atomic E-state index is 0.000664. The molecule has 1 unspecified atom stereocenters. The number of nitrogens with one attached hydrogen (secondary N) is 2. The van der Waals surface area contributed by atoms with Crippen molar-refractivity contribution in [1.29, 1.82) is 0 Å². The van der Waals surface area contributed by atoms with Gasteiger partial charge in [-0.25, -0.2) is 0 Å². The van der Waals surface area contributed by atoms with Crippen LogP contribution in [0.5, 0.6) is 5.88 Å². The maximum atomic E-state index is 11.4. The second-order valence-electron chi connectivity index (χ2n) is 3.55. The summed E-state index contributed by atoms with van der Waals surface area (Å²) in [6.07, 6.45) is 0.443. The van der Waals surface area contributed by atoms with Crippen molar-refractivity contribution in [1.82, 2.24) is 4.98 Å². The molecule has 1 aromatic heterocycles. The van der Waals surface area contributed by atoms with E-state index in [1.54, 1.807) is 19.2 Å². The number of hydrogen-bond donors (Lipinski definition) is 2. The standard InChI is InChI=1S/C10H13N3O2/c1-6-5-8(14)12-7-3-4-9(15-2)13-10(7)11-6/h3-4,6H,5H2,1-2H3,(H,11,13)(H,12,14). The van der Waals surface area contributed by atoms with Crippen LogP contribution in [0.2, 0.25) is 0 Å². The number of pyridine rings is 1. The Morgan fingerprint density at radius 2 is 2.33 bits per heavy atom. The third-order valence-corrected chi connectivity index (χ3v) is 2.23. The van der Waals surface area contributed by atoms with E-state index in [2.05, 4.69) is 15.6 Å². The number of methoxy groups -OCH3 is 1. The fraction of sp³-hybridized carbons (Fsp3) is 0.400. The van der Waals surface area contributed by atoms with E-state index in [1.165, 1.54) is 0 Å². The summed E-state index contributed by atoms with van der Waals surface area (Å²) in [7, 11) is 1.56. The van der Waals surface area contributed by atoms with E-state index in [4.69, 9.17) is 4.74 Å². The van der Waals surface area contributed by atoms with Crippen LogP contribution in [0.4, 0.5) is 11.5 Å². The topological polar surface area (TPSA) is 63.2 Å². The second-order valence-corrected chi connectivity index (χ2v) is 3.55. The maximum absolute atomic E-state index is 11.4. The first-order valence-corrected chi connectivity index (χ1v) is 4.80. The monoisotopic (exact) mass is 207 g/mol. The highest BCUT2D eigenvalue weighted by atomic mass is 16.5. The van der Waals surface area contributed by atoms with Crippen molar-refractivity contribution >= 4 is 17.4 Å². The lowest BCUT2D eigenvalue weighted by molar-refractivity contribution is -0.116. The SMILES string of the molecule is COc1ccc2c(n1)NC(C)CC(=O)N2. The van der Waals surface area contributed by atoms with Crippen LogP contribution in [0.15, 0.2) is 12.1 Å². The van der Waals surface area contributed by atoms with E-state index in [-0.39, 0.29) is 11.9 Å². The van der Waals surface area contributed by atoms with Crippen LogP contribution in [0.3, 0.4) is 0 Å². The quantitative estimate of drug-likeness (QED) is 0.727. The van der Waals surface area contributed by atoms with Crippen LogP contribution < -0.4 is 15.4 Å². The zero-order valence-electron chi connectivity index (χ0n) is 8.70. The van der Waals surface area contributed by atoms with Crippen LogP contribution >= 0.6 is 0 Å². The predicted molar refractivity (Wildman–Crippen MR) is 57.1 cm³/mol. The number of nitrogens with zero attached hydrogens (tertiary/aromatic N) is 1. The molecule has 0 saturated carbocycles. The summed E-state index contributed by atoms with van der Waals surface area (Å²) in [6.45, 7) is 1.94. The zero-order chi connectivity index (χ0) is 10.8. The minimum Gasteiger partial charge on any atom is -0.481 e. The van der Waals surface area contributed by atoms with E-state index in [9.17, 15) is 4.79 Å². The summed E-state index contributed by atoms with van der Waals surface area (Å²) in [5.41, 5.74) is 0.699. The van der Waals surface area contributed by atoms with Crippen molar-refractivity contribution in [3.05, 3.63) is 12.1 Å². The third-order valence-electron chi connectivity index (χ3n) is 2.23. The maximum Gasteiger partial charge on any atom is 0.226 e. The van der Waals surface area contributed by atoms with Gasteiger partial charge in [0.15, 0.2) is 5.82 Å². The molecule has 0 radical (unpaired) electrons. The van der Waals surface area contributed by atoms with Crippen molar-refractivity contribution < 1.29 is 9.53 Å². The lowest BCUT2D eigenvalue weighted by Gasteiger charge is -2.11. The number of anilines is 2. The van der Waals surface area contributed by atoms with Crippen LogP contribution in [0.25, 0.3) is 0 Å². The molecule has 2 rings (SSSR count). The van der Waals surface area contributed by atoms with E-state index in [0.29, 0.717) is 23.8 Å². The molecular weight excluding hydrogens is 194 g/mol. The van der Waals surface area contributed by atoms with Gasteiger partial charge in [0.1, 0.15) is 0 Å². The van der Waals surface area contributed by atoms with Gasteiger partial charge in [0.2, 0.25) is 11.8 Å². The number of carbonyl (C=O) groups is 1. The molecule has 0 bridgehead atoms. The number of fused-ring (bicyclic) bond motifs is 1. The van der Waals surface area contributed by atoms with Crippen LogP contribution in [0.1, 0.15) is 13.3 Å². The molecule has 1 amide bonds. The first kappa shape index (κ1) is 9.76. The van der Waals surface area contributed by atoms with Gasteiger partial charge >= 0.3 is 0 Å². The number of ether oxygens (including phenoxy) is 1. The number of hydrogen-bond acceptors (Lipinski definition) is 4. The van der Waals surface area contributed by atoms with Crippen LogP contribution in [0, 0.1) is 0 Å². The van der Waals surface area contributed by atoms with Gasteiger partial charge in [-0.3, -0.25) is 4.79 Å². The van der Waals surface area contributed by atoms with Crippen molar-refractivity contribution in [3.63, 3.8) is 0 Å². The molecule has 80 valence electrons. The van der Waals surface area contributed by atoms with E-state index < -0.39 is 0 Å². The number of amides is 1. The van der Waals surface area contributed by atoms with Crippen LogP contribution in [-0.4, -0.2) is 24.0 Å². The van der Waals surface area contributed by atoms with Gasteiger partial charge < -0.3 is 15.4 Å². The molecule has 0 spiro atoms. The molecule has 2 N–H and O–H groups in total. The summed E-state index contributed by atoms with van der Waals surface area (Å²) in [6, 6.07) is 3.58. The Bertz CT molecular complexity index is 392. The van der Waals surface area contributed by atoms with Gasteiger partial charge in [0, 0.05) is 18.5 Å². The Labute approximate surface area is 87.8 Å². The van der Waals surface area contributed by atoms with Gasteiger partial charge in [-0.15, -0.1) is 0 Å². The van der Waals surface area contributed by atoms with E-state index >= 15 is 0 Å². The summed E-state index contributed by atoms with van der Waals surface area (Å²) < 4.78 is 5.02. The molecular formula is C10H13N3O2. The van der Waals surface area contributed by atoms with Gasteiger partial charge in [-0.05, 0) is 13.0 Å². The average molecular weight is 207 g/mol. The van der Waals surface area contributed by atoms with E-state index in [1.807, 2.05) is 6.92 Å². The zero-order valence-corrected chi connectivity index (χ0v) is 8.70. The third kappa shape index (κ3) is 2.01. The second kappa shape index (κ2) is 3.76. The Hall–Kier alpha value is -1.78. The summed E-state index contributed by atoms with van der Waals surface area (Å²) in [4.78, 5) is 15.6. The van der Waals surface area contributed by atoms with Gasteiger partial charge in [0.05, 0.1) is 12.8 Å². The molecule has 0 aromatic carbocycles. The minimum absolute atomic E-state index is 0.000664. The smallest absolute Gasteiger partial charge is 0.226 e. The van der Waals surface area contributed by atoms with Crippen molar-refractivity contribution in [3.8, 4) is 5.88 Å². The molecule has 0 saturated heterocycles. The lowest BCUT2D eigenvalue weighted by Crippen LogP contribution is -2.19. The van der Waals surface area contributed by atoms with E-state index in [0.717, 1.165) is 0 Å². The number of carbonyl (C=O) groups excluding carboxylic acids is 1. The molecule has 5 nitrogen and oxygen atoms in total. The fourth-order valence-electron chi connectivity index (χ4n) is 1.53. The van der Waals surface area contributed by atoms with Gasteiger partial charge in [0.25, 0.3) is 0 Å². The Morgan fingerprint density at radius 1 is 1.53 bits per heavy atom. The predicted octanol–water partition coefficient (Wildman–Crippen LogP) is 1.23. The molecule has 1 aromatic rings. The first-order valence-electron chi connectivity index (χ1n) is 4.80. The Kier molecular flexibility index (Phi) is 2.45. The van der Waals surface area contributed by atoms with Crippen molar-refractivity contribution in [2.75, 3.05) is 17.7 Å². The van der Waals surface area contributed by atoms with Gasteiger partial charge in [-0.1, -0.05) is 0 Å². The number of rotatable bonds is 1. The molecule has 1 aliphatic rings. The highest BCUT2D eigenvalue weighted by molar-refractivity contribution is 5.95. The first-order chi connectivity index (χ1) is 7.19. The molecule has 5 heteroatoms. The normalized spacial score (nSPS) is 19.6. The lowest BCUT2D eigenvalue weighted by atomic mass is 10.2. The Morgan fingerprint density at radius 3 is 3.07 bits per heavy atom. The molecule has 1 atom stereocenters. The molecule has 1 aliphatic heterocycles. The molecule has 0 fully saturated rings. The summed E-state index contributed by atoms with van der Waals surface area (Å²) >= 11 is 0. The number of aromatic nitrogens is 1. The Balaban J connectivity index is 2.37.